The Morgan fingerprint density at radius 2 is 2.00 bits per heavy atom. The zero-order valence-corrected chi connectivity index (χ0v) is 15.5. The number of rotatable bonds is 6. The van der Waals surface area contributed by atoms with Crippen molar-refractivity contribution in [2.24, 2.45) is 0 Å². The van der Waals surface area contributed by atoms with E-state index in [1.807, 2.05) is 37.3 Å². The minimum atomic E-state index is -0.567. The smallest absolute Gasteiger partial charge is 0.338 e. The summed E-state index contributed by atoms with van der Waals surface area (Å²) in [6, 6.07) is 14.5. The average molecular weight is 379 g/mol. The molecule has 3 aromatic rings. The van der Waals surface area contributed by atoms with Crippen molar-refractivity contribution in [3.63, 3.8) is 0 Å². The molecule has 0 saturated heterocycles. The molecule has 0 N–H and O–H groups in total. The van der Waals surface area contributed by atoms with Gasteiger partial charge in [0.1, 0.15) is 0 Å². The van der Waals surface area contributed by atoms with Gasteiger partial charge in [-0.2, -0.15) is 5.26 Å². The maximum Gasteiger partial charge on any atom is 0.338 e. The van der Waals surface area contributed by atoms with Crippen LogP contribution in [0.2, 0.25) is 0 Å². The molecule has 136 valence electrons. The number of thiazole rings is 1. The Bertz CT molecular complexity index is 1010. The topological polar surface area (TPSA) is 83.3 Å². The van der Waals surface area contributed by atoms with Crippen LogP contribution in [0, 0.1) is 18.3 Å². The Labute approximate surface area is 160 Å². The zero-order valence-electron chi connectivity index (χ0n) is 14.7. The molecular weight excluding hydrogens is 362 g/mol. The van der Waals surface area contributed by atoms with E-state index in [1.165, 1.54) is 16.2 Å². The number of nitrogens with zero attached hydrogens (tertiary/aromatic N) is 3. The Morgan fingerprint density at radius 1 is 1.22 bits per heavy atom. The average Bonchev–Trinajstić information content (AvgIpc) is 3.15. The number of hydrogen-bond acceptors (Lipinski definition) is 6. The van der Waals surface area contributed by atoms with Crippen LogP contribution >= 0.6 is 11.3 Å². The second-order valence-electron chi connectivity index (χ2n) is 5.90. The van der Waals surface area contributed by atoms with Crippen LogP contribution in [0.3, 0.4) is 0 Å². The highest BCUT2D eigenvalue weighted by Gasteiger charge is 2.18. The molecule has 7 heteroatoms. The Hall–Kier alpha value is -3.24. The fourth-order valence-electron chi connectivity index (χ4n) is 2.55. The fourth-order valence-corrected chi connectivity index (χ4v) is 3.27. The number of nitriles is 1. The molecule has 0 fully saturated rings. The SMILES string of the molecule is Cc1ccc(N(CCC#N)C(=O)COC(=O)c2ccc3ncsc3c2)cc1. The minimum Gasteiger partial charge on any atom is -0.452 e. The summed E-state index contributed by atoms with van der Waals surface area (Å²) < 4.78 is 6.07. The maximum absolute atomic E-state index is 12.6. The molecule has 1 heterocycles. The summed E-state index contributed by atoms with van der Waals surface area (Å²) in [5, 5.41) is 8.85. The molecule has 6 nitrogen and oxygen atoms in total. The van der Waals surface area contributed by atoms with Gasteiger partial charge < -0.3 is 9.64 Å². The van der Waals surface area contributed by atoms with Crippen molar-refractivity contribution in [1.29, 1.82) is 5.26 Å². The second-order valence-corrected chi connectivity index (χ2v) is 6.79. The lowest BCUT2D eigenvalue weighted by molar-refractivity contribution is -0.121. The van der Waals surface area contributed by atoms with Crippen molar-refractivity contribution in [2.45, 2.75) is 13.3 Å². The summed E-state index contributed by atoms with van der Waals surface area (Å²) in [5.41, 5.74) is 4.63. The van der Waals surface area contributed by atoms with Crippen molar-refractivity contribution in [1.82, 2.24) is 4.98 Å². The first-order valence-electron chi connectivity index (χ1n) is 8.33. The molecule has 2 aromatic carbocycles. The quantitative estimate of drug-likeness (QED) is 0.610. The van der Waals surface area contributed by atoms with Gasteiger partial charge in [-0.1, -0.05) is 17.7 Å². The first-order valence-corrected chi connectivity index (χ1v) is 9.21. The largest absolute Gasteiger partial charge is 0.452 e. The van der Waals surface area contributed by atoms with E-state index in [1.54, 1.807) is 23.7 Å². The van der Waals surface area contributed by atoms with Crippen LogP contribution in [0.1, 0.15) is 22.3 Å². The predicted octanol–water partition coefficient (Wildman–Crippen LogP) is 3.71. The van der Waals surface area contributed by atoms with E-state index in [0.717, 1.165) is 15.8 Å². The van der Waals surface area contributed by atoms with Gasteiger partial charge in [0, 0.05) is 12.2 Å². The van der Waals surface area contributed by atoms with Gasteiger partial charge in [0.25, 0.3) is 5.91 Å². The number of amides is 1. The second kappa shape index (κ2) is 8.43. The zero-order chi connectivity index (χ0) is 19.2. The lowest BCUT2D eigenvalue weighted by Gasteiger charge is -2.21. The number of fused-ring (bicyclic) bond motifs is 1. The van der Waals surface area contributed by atoms with Gasteiger partial charge in [-0.05, 0) is 37.3 Å². The van der Waals surface area contributed by atoms with Crippen molar-refractivity contribution in [3.05, 3.63) is 59.1 Å². The van der Waals surface area contributed by atoms with Crippen molar-refractivity contribution in [3.8, 4) is 6.07 Å². The summed E-state index contributed by atoms with van der Waals surface area (Å²) >= 11 is 1.43. The lowest BCUT2D eigenvalue weighted by Crippen LogP contribution is -2.35. The standard InChI is InChI=1S/C20H17N3O3S/c1-14-3-6-16(7-4-14)23(10-2-9-21)19(24)12-26-20(25)15-5-8-17-18(11-15)27-13-22-17/h3-8,11,13H,2,10,12H2,1H3. The molecule has 0 aliphatic rings. The van der Waals surface area contributed by atoms with Gasteiger partial charge in [0.2, 0.25) is 0 Å². The van der Waals surface area contributed by atoms with Crippen LogP contribution in [0.15, 0.2) is 48.0 Å². The lowest BCUT2D eigenvalue weighted by atomic mass is 10.2. The third kappa shape index (κ3) is 4.49. The predicted molar refractivity (Wildman–Crippen MR) is 104 cm³/mol. The molecular formula is C20H17N3O3S. The number of esters is 1. The monoisotopic (exact) mass is 379 g/mol. The van der Waals surface area contributed by atoms with Crippen LogP contribution in [0.5, 0.6) is 0 Å². The van der Waals surface area contributed by atoms with E-state index in [0.29, 0.717) is 11.3 Å². The molecule has 0 unspecified atom stereocenters. The summed E-state index contributed by atoms with van der Waals surface area (Å²) in [6.07, 6.45) is 0.190. The van der Waals surface area contributed by atoms with Gasteiger partial charge in [0.15, 0.2) is 6.61 Å². The number of aromatic nitrogens is 1. The van der Waals surface area contributed by atoms with Crippen LogP contribution in [0.4, 0.5) is 5.69 Å². The number of aryl methyl sites for hydroxylation is 1. The first kappa shape index (κ1) is 18.5. The number of anilines is 1. The molecule has 1 amide bonds. The van der Waals surface area contributed by atoms with E-state index < -0.39 is 12.6 Å². The van der Waals surface area contributed by atoms with Crippen LogP contribution < -0.4 is 4.90 Å². The van der Waals surface area contributed by atoms with Crippen LogP contribution in [-0.2, 0) is 9.53 Å². The van der Waals surface area contributed by atoms with Crippen LogP contribution in [0.25, 0.3) is 10.2 Å². The van der Waals surface area contributed by atoms with Crippen molar-refractivity contribution in [2.75, 3.05) is 18.1 Å². The van der Waals surface area contributed by atoms with Gasteiger partial charge in [0.05, 0.1) is 33.8 Å². The van der Waals surface area contributed by atoms with Crippen molar-refractivity contribution >= 4 is 39.1 Å². The van der Waals surface area contributed by atoms with Crippen molar-refractivity contribution < 1.29 is 14.3 Å². The fraction of sp³-hybridized carbons (Fsp3) is 0.200. The van der Waals surface area contributed by atoms with E-state index in [9.17, 15) is 9.59 Å². The number of ether oxygens (including phenoxy) is 1. The molecule has 3 rings (SSSR count). The molecule has 0 saturated carbocycles. The van der Waals surface area contributed by atoms with E-state index >= 15 is 0 Å². The summed E-state index contributed by atoms with van der Waals surface area (Å²) in [4.78, 5) is 30.5. The molecule has 0 spiro atoms. The summed E-state index contributed by atoms with van der Waals surface area (Å²) in [6.45, 7) is 1.80. The molecule has 0 aliphatic heterocycles. The Kier molecular flexibility index (Phi) is 5.79. The molecule has 0 radical (unpaired) electrons. The molecule has 0 bridgehead atoms. The highest BCUT2D eigenvalue weighted by molar-refractivity contribution is 7.16. The van der Waals surface area contributed by atoms with E-state index in [2.05, 4.69) is 4.98 Å². The number of hydrogen-bond donors (Lipinski definition) is 0. The summed E-state index contributed by atoms with van der Waals surface area (Å²) in [5.74, 6) is -0.941. The number of benzene rings is 2. The first-order chi connectivity index (χ1) is 13.1. The normalized spacial score (nSPS) is 10.4. The molecule has 1 aromatic heterocycles. The van der Waals surface area contributed by atoms with Gasteiger partial charge in [-0.15, -0.1) is 11.3 Å². The highest BCUT2D eigenvalue weighted by Crippen LogP contribution is 2.20. The molecule has 0 aliphatic carbocycles. The van der Waals surface area contributed by atoms with Gasteiger partial charge in [-0.3, -0.25) is 4.79 Å². The third-order valence-corrected chi connectivity index (χ3v) is 4.78. The summed E-state index contributed by atoms with van der Waals surface area (Å²) in [7, 11) is 0. The van der Waals surface area contributed by atoms with Gasteiger partial charge in [-0.25, -0.2) is 9.78 Å². The number of carbonyl (C=O) groups is 2. The number of carbonyl (C=O) groups excluding carboxylic acids is 2. The molecule has 0 atom stereocenters. The highest BCUT2D eigenvalue weighted by atomic mass is 32.1. The minimum absolute atomic E-state index is 0.190. The molecule has 27 heavy (non-hydrogen) atoms. The Morgan fingerprint density at radius 3 is 2.74 bits per heavy atom. The van der Waals surface area contributed by atoms with E-state index in [4.69, 9.17) is 10.00 Å². The van der Waals surface area contributed by atoms with Crippen LogP contribution in [-0.4, -0.2) is 30.0 Å². The third-order valence-electron chi connectivity index (χ3n) is 3.99. The maximum atomic E-state index is 12.6. The van der Waals surface area contributed by atoms with E-state index in [-0.39, 0.29) is 18.9 Å². The van der Waals surface area contributed by atoms with Gasteiger partial charge >= 0.3 is 5.97 Å². The Balaban J connectivity index is 1.68.